The van der Waals surface area contributed by atoms with Crippen molar-refractivity contribution in [1.29, 1.82) is 0 Å². The van der Waals surface area contributed by atoms with Crippen molar-refractivity contribution in [3.05, 3.63) is 70.2 Å². The molecular formula is C18H21ClN2O. The Morgan fingerprint density at radius 2 is 1.86 bits per heavy atom. The first kappa shape index (κ1) is 16.5. The molecule has 0 radical (unpaired) electrons. The second-order valence-corrected chi connectivity index (χ2v) is 6.05. The molecule has 2 aromatic carbocycles. The number of nitrogens with zero attached hydrogens (tertiary/aromatic N) is 1. The predicted octanol–water partition coefficient (Wildman–Crippen LogP) is 3.68. The molecule has 0 bridgehead atoms. The van der Waals surface area contributed by atoms with Crippen molar-refractivity contribution in [2.75, 3.05) is 20.6 Å². The van der Waals surface area contributed by atoms with Gasteiger partial charge in [0.1, 0.15) is 0 Å². The Bertz CT molecular complexity index is 638. The van der Waals surface area contributed by atoms with E-state index in [4.69, 9.17) is 11.6 Å². The lowest BCUT2D eigenvalue weighted by atomic mass is 10.0. The molecule has 0 saturated carbocycles. The van der Waals surface area contributed by atoms with Crippen molar-refractivity contribution in [2.45, 2.75) is 13.0 Å². The fraction of sp³-hybridized carbons (Fsp3) is 0.278. The summed E-state index contributed by atoms with van der Waals surface area (Å²) in [6.45, 7) is 2.61. The van der Waals surface area contributed by atoms with Crippen LogP contribution in [0.2, 0.25) is 5.02 Å². The molecule has 0 spiro atoms. The normalized spacial score (nSPS) is 12.2. The zero-order valence-electron chi connectivity index (χ0n) is 13.1. The highest BCUT2D eigenvalue weighted by Crippen LogP contribution is 2.18. The van der Waals surface area contributed by atoms with Gasteiger partial charge in [-0.05, 0) is 44.8 Å². The van der Waals surface area contributed by atoms with E-state index in [0.29, 0.717) is 17.1 Å². The first-order valence-electron chi connectivity index (χ1n) is 7.24. The van der Waals surface area contributed by atoms with Gasteiger partial charge in [-0.3, -0.25) is 4.79 Å². The summed E-state index contributed by atoms with van der Waals surface area (Å²) in [5, 5.41) is 3.55. The number of hydrogen-bond acceptors (Lipinski definition) is 2. The Hall–Kier alpha value is -1.84. The van der Waals surface area contributed by atoms with Gasteiger partial charge in [-0.15, -0.1) is 0 Å². The topological polar surface area (TPSA) is 32.3 Å². The van der Waals surface area contributed by atoms with E-state index in [0.717, 1.165) is 0 Å². The number of halogens is 1. The molecule has 2 aromatic rings. The van der Waals surface area contributed by atoms with Crippen LogP contribution in [0.4, 0.5) is 0 Å². The van der Waals surface area contributed by atoms with E-state index in [2.05, 4.69) is 41.4 Å². The van der Waals surface area contributed by atoms with Crippen LogP contribution < -0.4 is 5.32 Å². The minimum Gasteiger partial charge on any atom is -0.350 e. The van der Waals surface area contributed by atoms with E-state index in [1.807, 2.05) is 14.1 Å². The van der Waals surface area contributed by atoms with E-state index in [9.17, 15) is 4.79 Å². The van der Waals surface area contributed by atoms with Crippen LogP contribution in [0.25, 0.3) is 0 Å². The molecule has 0 heterocycles. The van der Waals surface area contributed by atoms with Crippen LogP contribution in [-0.2, 0) is 0 Å². The first-order chi connectivity index (χ1) is 10.5. The SMILES string of the molecule is Cc1ccc(C(CNC(=O)c2cccc(Cl)c2)N(C)C)cc1. The minimum atomic E-state index is -0.110. The fourth-order valence-electron chi connectivity index (χ4n) is 2.31. The Morgan fingerprint density at radius 3 is 2.45 bits per heavy atom. The van der Waals surface area contributed by atoms with Gasteiger partial charge in [-0.2, -0.15) is 0 Å². The van der Waals surface area contributed by atoms with Gasteiger partial charge in [0.2, 0.25) is 0 Å². The third kappa shape index (κ3) is 4.33. The molecule has 0 aliphatic carbocycles. The molecule has 4 heteroatoms. The Kier molecular flexibility index (Phi) is 5.58. The number of carbonyl (C=O) groups is 1. The van der Waals surface area contributed by atoms with E-state index >= 15 is 0 Å². The van der Waals surface area contributed by atoms with E-state index in [1.165, 1.54) is 11.1 Å². The molecule has 0 aliphatic heterocycles. The summed E-state index contributed by atoms with van der Waals surface area (Å²) in [7, 11) is 4.02. The van der Waals surface area contributed by atoms with E-state index in [1.54, 1.807) is 24.3 Å². The summed E-state index contributed by atoms with van der Waals surface area (Å²) in [5.74, 6) is -0.110. The lowest BCUT2D eigenvalue weighted by Crippen LogP contribution is -2.34. The Balaban J connectivity index is 2.06. The van der Waals surface area contributed by atoms with Gasteiger partial charge < -0.3 is 10.2 Å². The summed E-state index contributed by atoms with van der Waals surface area (Å²) in [6.07, 6.45) is 0. The number of rotatable bonds is 5. The third-order valence-electron chi connectivity index (χ3n) is 3.63. The number of benzene rings is 2. The molecule has 0 aliphatic rings. The van der Waals surface area contributed by atoms with Crippen molar-refractivity contribution in [1.82, 2.24) is 10.2 Å². The molecule has 3 nitrogen and oxygen atoms in total. The van der Waals surface area contributed by atoms with Gasteiger partial charge in [-0.25, -0.2) is 0 Å². The Morgan fingerprint density at radius 1 is 1.18 bits per heavy atom. The lowest BCUT2D eigenvalue weighted by molar-refractivity contribution is 0.0942. The van der Waals surface area contributed by atoms with Crippen LogP contribution >= 0.6 is 11.6 Å². The molecule has 0 saturated heterocycles. The molecule has 22 heavy (non-hydrogen) atoms. The van der Waals surface area contributed by atoms with Gasteiger partial charge in [0.25, 0.3) is 5.91 Å². The van der Waals surface area contributed by atoms with Crippen molar-refractivity contribution >= 4 is 17.5 Å². The molecule has 116 valence electrons. The molecule has 1 unspecified atom stereocenters. The summed E-state index contributed by atoms with van der Waals surface area (Å²) in [5.41, 5.74) is 2.99. The standard InChI is InChI=1S/C18H21ClN2O/c1-13-7-9-14(10-8-13)17(21(2)3)12-20-18(22)15-5-4-6-16(19)11-15/h4-11,17H,12H2,1-3H3,(H,20,22). The van der Waals surface area contributed by atoms with Crippen molar-refractivity contribution in [3.63, 3.8) is 0 Å². The van der Waals surface area contributed by atoms with E-state index in [-0.39, 0.29) is 11.9 Å². The van der Waals surface area contributed by atoms with E-state index < -0.39 is 0 Å². The summed E-state index contributed by atoms with van der Waals surface area (Å²) in [4.78, 5) is 14.3. The predicted molar refractivity (Wildman–Crippen MR) is 91.4 cm³/mol. The van der Waals surface area contributed by atoms with Crippen LogP contribution in [0.1, 0.15) is 27.5 Å². The van der Waals surface area contributed by atoms with Crippen molar-refractivity contribution in [2.24, 2.45) is 0 Å². The largest absolute Gasteiger partial charge is 0.350 e. The van der Waals surface area contributed by atoms with Crippen LogP contribution in [0.3, 0.4) is 0 Å². The minimum absolute atomic E-state index is 0.110. The van der Waals surface area contributed by atoms with Crippen molar-refractivity contribution in [3.8, 4) is 0 Å². The Labute approximate surface area is 136 Å². The monoisotopic (exact) mass is 316 g/mol. The van der Waals surface area contributed by atoms with Crippen LogP contribution in [0.5, 0.6) is 0 Å². The maximum absolute atomic E-state index is 12.2. The number of nitrogens with one attached hydrogen (secondary N) is 1. The zero-order chi connectivity index (χ0) is 16.1. The van der Waals surface area contributed by atoms with Crippen molar-refractivity contribution < 1.29 is 4.79 Å². The zero-order valence-corrected chi connectivity index (χ0v) is 13.9. The lowest BCUT2D eigenvalue weighted by Gasteiger charge is -2.25. The second-order valence-electron chi connectivity index (χ2n) is 5.61. The van der Waals surface area contributed by atoms with Crippen LogP contribution in [-0.4, -0.2) is 31.4 Å². The quantitative estimate of drug-likeness (QED) is 0.912. The average molecular weight is 317 g/mol. The number of hydrogen-bond donors (Lipinski definition) is 1. The number of aryl methyl sites for hydroxylation is 1. The maximum Gasteiger partial charge on any atom is 0.251 e. The van der Waals surface area contributed by atoms with Crippen LogP contribution in [0.15, 0.2) is 48.5 Å². The van der Waals surface area contributed by atoms with Gasteiger partial charge in [0.15, 0.2) is 0 Å². The van der Waals surface area contributed by atoms with Gasteiger partial charge in [0, 0.05) is 17.1 Å². The molecule has 0 aromatic heterocycles. The number of carbonyl (C=O) groups excluding carboxylic acids is 1. The smallest absolute Gasteiger partial charge is 0.251 e. The highest BCUT2D eigenvalue weighted by Gasteiger charge is 2.15. The summed E-state index contributed by atoms with van der Waals surface area (Å²) < 4.78 is 0. The molecule has 2 rings (SSSR count). The number of amides is 1. The average Bonchev–Trinajstić information content (AvgIpc) is 2.48. The summed E-state index contributed by atoms with van der Waals surface area (Å²) in [6, 6.07) is 15.5. The second kappa shape index (κ2) is 7.43. The molecule has 1 atom stereocenters. The molecule has 1 N–H and O–H groups in total. The molecule has 0 fully saturated rings. The highest BCUT2D eigenvalue weighted by atomic mass is 35.5. The van der Waals surface area contributed by atoms with Gasteiger partial charge in [-0.1, -0.05) is 47.5 Å². The van der Waals surface area contributed by atoms with Gasteiger partial charge >= 0.3 is 0 Å². The first-order valence-corrected chi connectivity index (χ1v) is 7.62. The summed E-state index contributed by atoms with van der Waals surface area (Å²) >= 11 is 5.92. The highest BCUT2D eigenvalue weighted by molar-refractivity contribution is 6.30. The molecular weight excluding hydrogens is 296 g/mol. The maximum atomic E-state index is 12.2. The fourth-order valence-corrected chi connectivity index (χ4v) is 2.50. The van der Waals surface area contributed by atoms with Crippen LogP contribution in [0, 0.1) is 6.92 Å². The third-order valence-corrected chi connectivity index (χ3v) is 3.86. The molecule has 1 amide bonds. The van der Waals surface area contributed by atoms with Gasteiger partial charge in [0.05, 0.1) is 6.04 Å². The number of likely N-dealkylation sites (N-methyl/N-ethyl adjacent to an activating group) is 1.